The third-order valence-corrected chi connectivity index (χ3v) is 5.89. The molecule has 0 spiro atoms. The van der Waals surface area contributed by atoms with Crippen LogP contribution in [0.15, 0.2) is 42.5 Å². The fourth-order valence-electron chi connectivity index (χ4n) is 3.90. The van der Waals surface area contributed by atoms with Gasteiger partial charge in [-0.3, -0.25) is 10.1 Å². The summed E-state index contributed by atoms with van der Waals surface area (Å²) >= 11 is 12.6. The Hall–Kier alpha value is -2.01. The summed E-state index contributed by atoms with van der Waals surface area (Å²) in [5.41, 5.74) is 4.20. The highest BCUT2D eigenvalue weighted by molar-refractivity contribution is 6.35. The lowest BCUT2D eigenvalue weighted by Gasteiger charge is -2.31. The standard InChI is InChI=1S/C22H23Cl2N3O/c1-2-3-10-25-22(28)19-12-16-14-6-4-5-7-18(14)26-21(16)20(27-19)15-9-8-13(23)11-17(15)24/h4-9,11,19-20,26-27H,2-3,10,12H2,1H3,(H,25,28)/t19-,20+/m0/s1. The van der Waals surface area contributed by atoms with Gasteiger partial charge in [0.05, 0.1) is 12.1 Å². The number of carbonyl (C=O) groups is 1. The Morgan fingerprint density at radius 2 is 2.04 bits per heavy atom. The molecule has 28 heavy (non-hydrogen) atoms. The van der Waals surface area contributed by atoms with Gasteiger partial charge in [-0.1, -0.05) is 60.8 Å². The van der Waals surface area contributed by atoms with E-state index in [1.807, 2.05) is 24.3 Å². The Bertz CT molecular complexity index is 1010. The number of benzene rings is 2. The molecular formula is C22H23Cl2N3O. The number of nitrogens with one attached hydrogen (secondary N) is 3. The minimum atomic E-state index is -0.319. The first-order valence-electron chi connectivity index (χ1n) is 9.66. The molecule has 2 heterocycles. The van der Waals surface area contributed by atoms with E-state index in [1.54, 1.807) is 6.07 Å². The van der Waals surface area contributed by atoms with Crippen molar-refractivity contribution in [2.24, 2.45) is 0 Å². The summed E-state index contributed by atoms with van der Waals surface area (Å²) in [6.07, 6.45) is 2.66. The van der Waals surface area contributed by atoms with Crippen LogP contribution < -0.4 is 10.6 Å². The van der Waals surface area contributed by atoms with E-state index < -0.39 is 0 Å². The minimum Gasteiger partial charge on any atom is -0.357 e. The fourth-order valence-corrected chi connectivity index (χ4v) is 4.41. The van der Waals surface area contributed by atoms with E-state index in [9.17, 15) is 4.79 Å². The van der Waals surface area contributed by atoms with E-state index in [0.29, 0.717) is 23.0 Å². The lowest BCUT2D eigenvalue weighted by atomic mass is 9.90. The highest BCUT2D eigenvalue weighted by Crippen LogP contribution is 2.38. The number of fused-ring (bicyclic) bond motifs is 3. The molecule has 0 saturated carbocycles. The zero-order valence-corrected chi connectivity index (χ0v) is 17.2. The third kappa shape index (κ3) is 3.64. The van der Waals surface area contributed by atoms with Gasteiger partial charge in [0.25, 0.3) is 0 Å². The Kier molecular flexibility index (Phi) is 5.63. The number of rotatable bonds is 5. The van der Waals surface area contributed by atoms with Crippen molar-refractivity contribution in [1.29, 1.82) is 0 Å². The van der Waals surface area contributed by atoms with Crippen molar-refractivity contribution in [2.75, 3.05) is 6.54 Å². The van der Waals surface area contributed by atoms with Crippen LogP contribution in [0.5, 0.6) is 0 Å². The van der Waals surface area contributed by atoms with Crippen LogP contribution in [0.1, 0.15) is 42.6 Å². The van der Waals surface area contributed by atoms with Crippen molar-refractivity contribution < 1.29 is 4.79 Å². The van der Waals surface area contributed by atoms with Crippen LogP contribution in [0.4, 0.5) is 0 Å². The topological polar surface area (TPSA) is 56.9 Å². The molecule has 146 valence electrons. The third-order valence-electron chi connectivity index (χ3n) is 5.33. The van der Waals surface area contributed by atoms with Gasteiger partial charge in [0, 0.05) is 33.2 Å². The van der Waals surface area contributed by atoms with Gasteiger partial charge in [-0.05, 0) is 42.2 Å². The average molecular weight is 416 g/mol. The predicted molar refractivity (Wildman–Crippen MR) is 115 cm³/mol. The molecule has 0 radical (unpaired) electrons. The first-order valence-corrected chi connectivity index (χ1v) is 10.4. The molecule has 3 aromatic rings. The highest BCUT2D eigenvalue weighted by atomic mass is 35.5. The Labute approximate surface area is 174 Å². The first-order chi connectivity index (χ1) is 13.6. The molecule has 1 aliphatic heterocycles. The summed E-state index contributed by atoms with van der Waals surface area (Å²) in [6.45, 7) is 2.81. The van der Waals surface area contributed by atoms with Crippen LogP contribution in [0.2, 0.25) is 10.0 Å². The quantitative estimate of drug-likeness (QED) is 0.513. The van der Waals surface area contributed by atoms with Crippen LogP contribution in [-0.2, 0) is 11.2 Å². The second-order valence-electron chi connectivity index (χ2n) is 7.23. The smallest absolute Gasteiger partial charge is 0.237 e. The molecule has 1 aliphatic rings. The summed E-state index contributed by atoms with van der Waals surface area (Å²) < 4.78 is 0. The van der Waals surface area contributed by atoms with E-state index in [1.165, 1.54) is 5.56 Å². The molecule has 1 amide bonds. The molecule has 0 aliphatic carbocycles. The maximum atomic E-state index is 12.8. The number of carbonyl (C=O) groups excluding carboxylic acids is 1. The van der Waals surface area contributed by atoms with Crippen LogP contribution in [0.3, 0.4) is 0 Å². The molecule has 3 N–H and O–H groups in total. The van der Waals surface area contributed by atoms with Gasteiger partial charge >= 0.3 is 0 Å². The molecule has 0 unspecified atom stereocenters. The van der Waals surface area contributed by atoms with Crippen LogP contribution in [0, 0.1) is 0 Å². The summed E-state index contributed by atoms with van der Waals surface area (Å²) in [6, 6.07) is 13.2. The second-order valence-corrected chi connectivity index (χ2v) is 8.07. The van der Waals surface area contributed by atoms with Crippen molar-refractivity contribution >= 4 is 40.0 Å². The van der Waals surface area contributed by atoms with E-state index >= 15 is 0 Å². The molecule has 2 aromatic carbocycles. The number of halogens is 2. The van der Waals surface area contributed by atoms with Gasteiger partial charge in [-0.15, -0.1) is 0 Å². The summed E-state index contributed by atoms with van der Waals surface area (Å²) in [5.74, 6) is 0.0273. The summed E-state index contributed by atoms with van der Waals surface area (Å²) in [4.78, 5) is 16.4. The molecule has 6 heteroatoms. The molecular weight excluding hydrogens is 393 g/mol. The number of H-pyrrole nitrogens is 1. The number of hydrogen-bond donors (Lipinski definition) is 3. The first kappa shape index (κ1) is 19.3. The number of aromatic amines is 1. The van der Waals surface area contributed by atoms with Crippen molar-refractivity contribution in [1.82, 2.24) is 15.6 Å². The molecule has 0 saturated heterocycles. The normalized spacial score (nSPS) is 18.8. The monoisotopic (exact) mass is 415 g/mol. The number of unbranched alkanes of at least 4 members (excludes halogenated alkanes) is 1. The van der Waals surface area contributed by atoms with E-state index in [4.69, 9.17) is 23.2 Å². The average Bonchev–Trinajstić information content (AvgIpc) is 3.06. The largest absolute Gasteiger partial charge is 0.357 e. The van der Waals surface area contributed by atoms with Crippen molar-refractivity contribution in [3.63, 3.8) is 0 Å². The number of para-hydroxylation sites is 1. The molecule has 4 nitrogen and oxygen atoms in total. The van der Waals surface area contributed by atoms with E-state index in [0.717, 1.165) is 35.0 Å². The zero-order chi connectivity index (χ0) is 19.7. The lowest BCUT2D eigenvalue weighted by molar-refractivity contribution is -0.123. The molecule has 2 atom stereocenters. The van der Waals surface area contributed by atoms with Crippen LogP contribution in [0.25, 0.3) is 10.9 Å². The minimum absolute atomic E-state index is 0.0273. The van der Waals surface area contributed by atoms with E-state index in [2.05, 4.69) is 34.7 Å². The maximum Gasteiger partial charge on any atom is 0.237 e. The number of amides is 1. The van der Waals surface area contributed by atoms with Crippen molar-refractivity contribution in [2.45, 2.75) is 38.3 Å². The molecule has 1 aromatic heterocycles. The van der Waals surface area contributed by atoms with Gasteiger partial charge in [0.2, 0.25) is 5.91 Å². The highest BCUT2D eigenvalue weighted by Gasteiger charge is 2.34. The van der Waals surface area contributed by atoms with Gasteiger partial charge in [0.1, 0.15) is 0 Å². The van der Waals surface area contributed by atoms with Gasteiger partial charge in [0.15, 0.2) is 0 Å². The summed E-state index contributed by atoms with van der Waals surface area (Å²) in [7, 11) is 0. The number of hydrogen-bond acceptors (Lipinski definition) is 2. The van der Waals surface area contributed by atoms with Gasteiger partial charge in [-0.2, -0.15) is 0 Å². The van der Waals surface area contributed by atoms with Crippen LogP contribution >= 0.6 is 23.2 Å². The Morgan fingerprint density at radius 3 is 2.82 bits per heavy atom. The summed E-state index contributed by atoms with van der Waals surface area (Å²) in [5, 5.41) is 8.89. The fraction of sp³-hybridized carbons (Fsp3) is 0.318. The molecule has 4 rings (SSSR count). The van der Waals surface area contributed by atoms with Gasteiger partial charge < -0.3 is 10.3 Å². The lowest BCUT2D eigenvalue weighted by Crippen LogP contribution is -2.50. The van der Waals surface area contributed by atoms with Gasteiger partial charge in [-0.25, -0.2) is 0 Å². The second kappa shape index (κ2) is 8.16. The maximum absolute atomic E-state index is 12.8. The van der Waals surface area contributed by atoms with E-state index in [-0.39, 0.29) is 18.0 Å². The SMILES string of the molecule is CCCCNC(=O)[C@@H]1Cc2c([nH]c3ccccc23)[C@@H](c2ccc(Cl)cc2Cl)N1. The Balaban J connectivity index is 1.75. The molecule has 0 bridgehead atoms. The van der Waals surface area contributed by atoms with Crippen LogP contribution in [-0.4, -0.2) is 23.5 Å². The molecule has 0 fully saturated rings. The Morgan fingerprint density at radius 1 is 1.21 bits per heavy atom. The zero-order valence-electron chi connectivity index (χ0n) is 15.7. The predicted octanol–water partition coefficient (Wildman–Crippen LogP) is 4.99. The van der Waals surface area contributed by atoms with Crippen molar-refractivity contribution in [3.8, 4) is 0 Å². The van der Waals surface area contributed by atoms with Crippen molar-refractivity contribution in [3.05, 3.63) is 69.3 Å². The number of aromatic nitrogens is 1.